The molecule has 0 bridgehead atoms. The zero-order chi connectivity index (χ0) is 25.9. The maximum Gasteiger partial charge on any atom is 0.0992 e. The first-order valence-corrected chi connectivity index (χ1v) is 16.5. The lowest BCUT2D eigenvalue weighted by molar-refractivity contribution is 0.112. The molecule has 1 aromatic rings. The molecular formula is C35H51NS. The number of allylic oxidation sites excluding steroid dienone is 7. The second-order valence-electron chi connectivity index (χ2n) is 13.2. The van der Waals surface area contributed by atoms with Gasteiger partial charge >= 0.3 is 0 Å². The van der Waals surface area contributed by atoms with Gasteiger partial charge in [0.05, 0.1) is 5.01 Å². The number of hydrogen-bond donors (Lipinski definition) is 0. The Morgan fingerprint density at radius 3 is 2.70 bits per heavy atom. The summed E-state index contributed by atoms with van der Waals surface area (Å²) >= 11 is 2.00. The first-order chi connectivity index (χ1) is 17.9. The van der Waals surface area contributed by atoms with Gasteiger partial charge < -0.3 is 0 Å². The number of nitrogens with zero attached hydrogens (tertiary/aromatic N) is 1. The van der Waals surface area contributed by atoms with Crippen molar-refractivity contribution < 1.29 is 0 Å². The van der Waals surface area contributed by atoms with Crippen LogP contribution >= 0.6 is 11.3 Å². The Morgan fingerprint density at radius 2 is 1.92 bits per heavy atom. The Hall–Kier alpha value is -1.41. The summed E-state index contributed by atoms with van der Waals surface area (Å²) in [6.07, 6.45) is 33.3. The van der Waals surface area contributed by atoms with Crippen molar-refractivity contribution in [2.45, 2.75) is 129 Å². The van der Waals surface area contributed by atoms with Gasteiger partial charge in [-0.1, -0.05) is 75.6 Å². The van der Waals surface area contributed by atoms with Crippen LogP contribution in [0.4, 0.5) is 0 Å². The summed E-state index contributed by atoms with van der Waals surface area (Å²) in [5.41, 5.74) is 5.50. The Balaban J connectivity index is 1.20. The zero-order valence-corrected chi connectivity index (χ0v) is 24.8. The van der Waals surface area contributed by atoms with Crippen LogP contribution in [0.1, 0.15) is 127 Å². The summed E-state index contributed by atoms with van der Waals surface area (Å²) in [4.78, 5) is 6.40. The molecule has 2 heteroatoms. The van der Waals surface area contributed by atoms with Crippen molar-refractivity contribution in [1.29, 1.82) is 0 Å². The number of aryl methyl sites for hydroxylation is 1. The lowest BCUT2D eigenvalue weighted by Gasteiger charge is -2.44. The molecule has 5 rings (SSSR count). The third-order valence-corrected chi connectivity index (χ3v) is 11.9. The third-order valence-electron chi connectivity index (χ3n) is 10.6. The maximum absolute atomic E-state index is 4.90. The first kappa shape index (κ1) is 27.2. The van der Waals surface area contributed by atoms with Crippen molar-refractivity contribution in [2.24, 2.45) is 23.2 Å². The molecule has 4 aliphatic rings. The van der Waals surface area contributed by atoms with Gasteiger partial charge in [0.1, 0.15) is 0 Å². The largest absolute Gasteiger partial charge is 0.249 e. The molecule has 0 unspecified atom stereocenters. The highest BCUT2D eigenvalue weighted by Gasteiger charge is 2.50. The lowest BCUT2D eigenvalue weighted by atomic mass is 9.61. The maximum atomic E-state index is 4.90. The minimum Gasteiger partial charge on any atom is -0.249 e. The summed E-state index contributed by atoms with van der Waals surface area (Å²) in [7, 11) is 0. The number of unbranched alkanes of at least 4 members (excludes halogenated alkanes) is 2. The standard InChI is InChI=1S/C35H51NS/c1-5-6-7-16-30-25-36-33(37-30)35(23-24-35)22-10-13-27(3)31-19-20-32-29(15-11-21-34(31,32)4)18-17-28-14-9-8-12-26(28)2/h10,13,17-18,25,27,31-32H,2,5-9,11-12,14-16,19-24H2,1,3-4H3/b13-10+,28-17-,29-18+/t27-,31-,32+,34-/m1/s1. The van der Waals surface area contributed by atoms with Crippen LogP contribution in [0.15, 0.2) is 53.8 Å². The molecule has 0 amide bonds. The van der Waals surface area contributed by atoms with Gasteiger partial charge in [0.25, 0.3) is 0 Å². The highest BCUT2D eigenvalue weighted by Crippen LogP contribution is 2.60. The van der Waals surface area contributed by atoms with E-state index in [4.69, 9.17) is 4.98 Å². The fourth-order valence-electron chi connectivity index (χ4n) is 8.06. The van der Waals surface area contributed by atoms with E-state index in [2.05, 4.69) is 57.9 Å². The van der Waals surface area contributed by atoms with Gasteiger partial charge in [-0.15, -0.1) is 11.3 Å². The fraction of sp³-hybridized carbons (Fsp3) is 0.686. The minimum absolute atomic E-state index is 0.364. The molecule has 0 aromatic carbocycles. The van der Waals surface area contributed by atoms with Crippen molar-refractivity contribution in [3.63, 3.8) is 0 Å². The van der Waals surface area contributed by atoms with E-state index in [0.717, 1.165) is 11.8 Å². The number of rotatable bonds is 10. The van der Waals surface area contributed by atoms with Crippen LogP contribution in [-0.4, -0.2) is 4.98 Å². The SMILES string of the molecule is C=C1CCCC/C1=C/C=C1\CCC[C@]2(C)[C@@H]([C@H](C)/C=C/CC3(c4ncc(CCCCC)s4)CC3)CC[C@@H]12. The normalized spacial score (nSPS) is 32.4. The molecule has 0 spiro atoms. The zero-order valence-electron chi connectivity index (χ0n) is 24.0. The van der Waals surface area contributed by atoms with E-state index in [1.807, 2.05) is 11.3 Å². The molecule has 1 aromatic heterocycles. The number of thiazole rings is 1. The molecule has 1 nitrogen and oxygen atoms in total. The smallest absolute Gasteiger partial charge is 0.0992 e. The fourth-order valence-corrected chi connectivity index (χ4v) is 9.27. The lowest BCUT2D eigenvalue weighted by Crippen LogP contribution is -2.35. The van der Waals surface area contributed by atoms with Crippen LogP contribution in [0, 0.1) is 23.2 Å². The van der Waals surface area contributed by atoms with Gasteiger partial charge in [-0.3, -0.25) is 0 Å². The van der Waals surface area contributed by atoms with Crippen LogP contribution in [0.25, 0.3) is 0 Å². The van der Waals surface area contributed by atoms with Gasteiger partial charge in [-0.05, 0) is 119 Å². The van der Waals surface area contributed by atoms with Crippen LogP contribution in [-0.2, 0) is 11.8 Å². The molecule has 4 atom stereocenters. The van der Waals surface area contributed by atoms with Crippen molar-refractivity contribution in [1.82, 2.24) is 4.98 Å². The molecule has 37 heavy (non-hydrogen) atoms. The Bertz CT molecular complexity index is 1030. The summed E-state index contributed by atoms with van der Waals surface area (Å²) in [6.45, 7) is 11.8. The topological polar surface area (TPSA) is 12.9 Å². The van der Waals surface area contributed by atoms with Gasteiger partial charge in [0, 0.05) is 16.5 Å². The summed E-state index contributed by atoms with van der Waals surface area (Å²) < 4.78 is 0. The van der Waals surface area contributed by atoms with Crippen LogP contribution in [0.2, 0.25) is 0 Å². The van der Waals surface area contributed by atoms with Crippen LogP contribution in [0.5, 0.6) is 0 Å². The van der Waals surface area contributed by atoms with Crippen molar-refractivity contribution in [3.8, 4) is 0 Å². The molecule has 202 valence electrons. The predicted molar refractivity (Wildman–Crippen MR) is 161 cm³/mol. The second-order valence-corrected chi connectivity index (χ2v) is 14.3. The molecule has 0 radical (unpaired) electrons. The van der Waals surface area contributed by atoms with Crippen molar-refractivity contribution >= 4 is 11.3 Å². The van der Waals surface area contributed by atoms with E-state index in [1.165, 1.54) is 124 Å². The van der Waals surface area contributed by atoms with E-state index in [-0.39, 0.29) is 0 Å². The highest BCUT2D eigenvalue weighted by molar-refractivity contribution is 7.11. The Kier molecular flexibility index (Phi) is 8.64. The van der Waals surface area contributed by atoms with E-state index < -0.39 is 0 Å². The van der Waals surface area contributed by atoms with E-state index >= 15 is 0 Å². The molecule has 4 saturated carbocycles. The van der Waals surface area contributed by atoms with Crippen LogP contribution in [0.3, 0.4) is 0 Å². The van der Waals surface area contributed by atoms with E-state index in [9.17, 15) is 0 Å². The van der Waals surface area contributed by atoms with Crippen LogP contribution < -0.4 is 0 Å². The second kappa shape index (κ2) is 11.8. The average molecular weight is 518 g/mol. The van der Waals surface area contributed by atoms with E-state index in [1.54, 1.807) is 5.57 Å². The predicted octanol–water partition coefficient (Wildman–Crippen LogP) is 10.7. The Labute approximate surface area is 231 Å². The molecule has 1 heterocycles. The van der Waals surface area contributed by atoms with Crippen molar-refractivity contribution in [3.05, 3.63) is 63.7 Å². The van der Waals surface area contributed by atoms with E-state index in [0.29, 0.717) is 16.7 Å². The number of hydrogen-bond acceptors (Lipinski definition) is 2. The molecule has 0 N–H and O–H groups in total. The quantitative estimate of drug-likeness (QED) is 0.222. The third kappa shape index (κ3) is 5.95. The van der Waals surface area contributed by atoms with Gasteiger partial charge in [0.15, 0.2) is 0 Å². The van der Waals surface area contributed by atoms with Crippen molar-refractivity contribution in [2.75, 3.05) is 0 Å². The molecular weight excluding hydrogens is 466 g/mol. The molecule has 4 fully saturated rings. The number of fused-ring (bicyclic) bond motifs is 1. The molecule has 4 aliphatic carbocycles. The van der Waals surface area contributed by atoms with Gasteiger partial charge in [-0.2, -0.15) is 0 Å². The summed E-state index contributed by atoms with van der Waals surface area (Å²) in [5.74, 6) is 2.27. The number of aromatic nitrogens is 1. The minimum atomic E-state index is 0.364. The van der Waals surface area contributed by atoms with Gasteiger partial charge in [-0.25, -0.2) is 4.98 Å². The van der Waals surface area contributed by atoms with Gasteiger partial charge in [0.2, 0.25) is 0 Å². The summed E-state index contributed by atoms with van der Waals surface area (Å²) in [5, 5.41) is 1.42. The molecule has 0 saturated heterocycles. The Morgan fingerprint density at radius 1 is 1.08 bits per heavy atom. The highest BCUT2D eigenvalue weighted by atomic mass is 32.1. The monoisotopic (exact) mass is 517 g/mol. The average Bonchev–Trinajstić information content (AvgIpc) is 3.35. The summed E-state index contributed by atoms with van der Waals surface area (Å²) in [6, 6.07) is 0. The first-order valence-electron chi connectivity index (χ1n) is 15.6. The molecule has 0 aliphatic heterocycles.